The molecule has 0 amide bonds. The monoisotopic (exact) mass is 295 g/mol. The standard InChI is InChI=1S/C17H26ClNO/c1-17(2,10-3-11-20)12-19-16(13-4-5-13)14-6-8-15(18)9-7-14/h6-9,13,16,19-20H,3-5,10-12H2,1-2H3. The number of benzene rings is 1. The minimum absolute atomic E-state index is 0.224. The summed E-state index contributed by atoms with van der Waals surface area (Å²) < 4.78 is 0. The zero-order valence-electron chi connectivity index (χ0n) is 12.5. The third-order valence-corrected chi connectivity index (χ3v) is 4.39. The van der Waals surface area contributed by atoms with Crippen LogP contribution in [-0.4, -0.2) is 18.3 Å². The summed E-state index contributed by atoms with van der Waals surface area (Å²) in [6.07, 6.45) is 4.56. The van der Waals surface area contributed by atoms with E-state index in [1.807, 2.05) is 12.1 Å². The molecule has 1 aliphatic carbocycles. The fourth-order valence-electron chi connectivity index (χ4n) is 2.69. The fraction of sp³-hybridized carbons (Fsp3) is 0.647. The van der Waals surface area contributed by atoms with Gasteiger partial charge in [0.1, 0.15) is 0 Å². The van der Waals surface area contributed by atoms with Crippen LogP contribution in [0.15, 0.2) is 24.3 Å². The Balaban J connectivity index is 1.94. The smallest absolute Gasteiger partial charge is 0.0431 e. The van der Waals surface area contributed by atoms with Gasteiger partial charge in [-0.05, 0) is 54.7 Å². The van der Waals surface area contributed by atoms with Crippen LogP contribution in [0.1, 0.15) is 51.1 Å². The maximum Gasteiger partial charge on any atom is 0.0431 e. The van der Waals surface area contributed by atoms with Crippen LogP contribution in [-0.2, 0) is 0 Å². The van der Waals surface area contributed by atoms with Crippen LogP contribution in [0, 0.1) is 11.3 Å². The third kappa shape index (κ3) is 4.76. The van der Waals surface area contributed by atoms with E-state index < -0.39 is 0 Å². The van der Waals surface area contributed by atoms with E-state index in [0.717, 1.165) is 30.3 Å². The topological polar surface area (TPSA) is 32.3 Å². The first kappa shape index (κ1) is 15.8. The van der Waals surface area contributed by atoms with Crippen molar-refractivity contribution in [3.05, 3.63) is 34.9 Å². The maximum absolute atomic E-state index is 8.98. The van der Waals surface area contributed by atoms with E-state index >= 15 is 0 Å². The lowest BCUT2D eigenvalue weighted by Gasteiger charge is -2.28. The quantitative estimate of drug-likeness (QED) is 0.754. The molecule has 2 rings (SSSR count). The Morgan fingerprint density at radius 3 is 2.50 bits per heavy atom. The number of rotatable bonds is 8. The zero-order valence-corrected chi connectivity index (χ0v) is 13.3. The molecule has 20 heavy (non-hydrogen) atoms. The first-order valence-electron chi connectivity index (χ1n) is 7.61. The molecule has 0 bridgehead atoms. The fourth-order valence-corrected chi connectivity index (χ4v) is 2.81. The van der Waals surface area contributed by atoms with Crippen LogP contribution in [0.2, 0.25) is 5.02 Å². The van der Waals surface area contributed by atoms with E-state index in [-0.39, 0.29) is 12.0 Å². The Hall–Kier alpha value is -0.570. The van der Waals surface area contributed by atoms with Crippen LogP contribution < -0.4 is 5.32 Å². The molecular formula is C17H26ClNO. The predicted octanol–water partition coefficient (Wildman–Crippen LogP) is 4.18. The molecule has 1 saturated carbocycles. The SMILES string of the molecule is CC(C)(CCCO)CNC(c1ccc(Cl)cc1)C1CC1. The second-order valence-corrected chi connectivity index (χ2v) is 7.18. The normalized spacial score (nSPS) is 17.2. The average Bonchev–Trinajstić information content (AvgIpc) is 3.23. The van der Waals surface area contributed by atoms with Gasteiger partial charge in [0.25, 0.3) is 0 Å². The summed E-state index contributed by atoms with van der Waals surface area (Å²) in [7, 11) is 0. The first-order valence-corrected chi connectivity index (χ1v) is 7.99. The Morgan fingerprint density at radius 2 is 1.95 bits per heavy atom. The molecule has 0 spiro atoms. The summed E-state index contributed by atoms with van der Waals surface area (Å²) in [5, 5.41) is 13.5. The van der Waals surface area contributed by atoms with Gasteiger partial charge in [-0.2, -0.15) is 0 Å². The van der Waals surface area contributed by atoms with Crippen molar-refractivity contribution in [3.63, 3.8) is 0 Å². The van der Waals surface area contributed by atoms with E-state index in [2.05, 4.69) is 31.3 Å². The molecule has 1 aromatic rings. The lowest BCUT2D eigenvalue weighted by molar-refractivity contribution is 0.229. The van der Waals surface area contributed by atoms with Gasteiger partial charge in [-0.1, -0.05) is 37.6 Å². The zero-order chi connectivity index (χ0) is 14.6. The van der Waals surface area contributed by atoms with Crippen molar-refractivity contribution in [2.24, 2.45) is 11.3 Å². The van der Waals surface area contributed by atoms with Crippen molar-refractivity contribution in [1.82, 2.24) is 5.32 Å². The van der Waals surface area contributed by atoms with Gasteiger partial charge in [0, 0.05) is 24.2 Å². The number of aliphatic hydroxyl groups excluding tert-OH is 1. The van der Waals surface area contributed by atoms with Crippen LogP contribution in [0.4, 0.5) is 0 Å². The van der Waals surface area contributed by atoms with Gasteiger partial charge < -0.3 is 10.4 Å². The van der Waals surface area contributed by atoms with Gasteiger partial charge in [0.2, 0.25) is 0 Å². The molecule has 3 heteroatoms. The largest absolute Gasteiger partial charge is 0.396 e. The molecule has 1 aromatic carbocycles. The molecule has 1 fully saturated rings. The van der Waals surface area contributed by atoms with E-state index in [4.69, 9.17) is 16.7 Å². The predicted molar refractivity (Wildman–Crippen MR) is 85.0 cm³/mol. The van der Waals surface area contributed by atoms with Crippen molar-refractivity contribution in [2.75, 3.05) is 13.2 Å². The van der Waals surface area contributed by atoms with Gasteiger partial charge in [-0.3, -0.25) is 0 Å². The van der Waals surface area contributed by atoms with Crippen molar-refractivity contribution in [1.29, 1.82) is 0 Å². The lowest BCUT2D eigenvalue weighted by Crippen LogP contribution is -2.33. The van der Waals surface area contributed by atoms with Crippen molar-refractivity contribution >= 4 is 11.6 Å². The van der Waals surface area contributed by atoms with Gasteiger partial charge in [0.15, 0.2) is 0 Å². The van der Waals surface area contributed by atoms with E-state index in [0.29, 0.717) is 6.04 Å². The second-order valence-electron chi connectivity index (χ2n) is 6.74. The Labute approximate surface area is 127 Å². The number of aliphatic hydroxyl groups is 1. The van der Waals surface area contributed by atoms with E-state index in [1.54, 1.807) is 0 Å². The van der Waals surface area contributed by atoms with Gasteiger partial charge >= 0.3 is 0 Å². The number of nitrogens with one attached hydrogen (secondary N) is 1. The van der Waals surface area contributed by atoms with E-state index in [9.17, 15) is 0 Å². The minimum Gasteiger partial charge on any atom is -0.396 e. The van der Waals surface area contributed by atoms with Crippen LogP contribution in [0.5, 0.6) is 0 Å². The molecule has 1 unspecified atom stereocenters. The van der Waals surface area contributed by atoms with Gasteiger partial charge in [0.05, 0.1) is 0 Å². The summed E-state index contributed by atoms with van der Waals surface area (Å²) in [5.74, 6) is 0.768. The van der Waals surface area contributed by atoms with E-state index in [1.165, 1.54) is 18.4 Å². The summed E-state index contributed by atoms with van der Waals surface area (Å²) >= 11 is 5.97. The average molecular weight is 296 g/mol. The molecule has 1 aliphatic rings. The van der Waals surface area contributed by atoms with Gasteiger partial charge in [-0.25, -0.2) is 0 Å². The second kappa shape index (κ2) is 6.93. The van der Waals surface area contributed by atoms with Crippen molar-refractivity contribution in [2.45, 2.75) is 45.6 Å². The van der Waals surface area contributed by atoms with Crippen molar-refractivity contribution < 1.29 is 5.11 Å². The minimum atomic E-state index is 0.224. The van der Waals surface area contributed by atoms with Crippen molar-refractivity contribution in [3.8, 4) is 0 Å². The Kier molecular flexibility index (Phi) is 5.48. The van der Waals surface area contributed by atoms with Gasteiger partial charge in [-0.15, -0.1) is 0 Å². The molecular weight excluding hydrogens is 270 g/mol. The summed E-state index contributed by atoms with van der Waals surface area (Å²) in [6, 6.07) is 8.68. The molecule has 0 aromatic heterocycles. The Morgan fingerprint density at radius 1 is 1.30 bits per heavy atom. The molecule has 0 heterocycles. The molecule has 0 radical (unpaired) electrons. The summed E-state index contributed by atoms with van der Waals surface area (Å²) in [4.78, 5) is 0. The number of hydrogen-bond acceptors (Lipinski definition) is 2. The number of hydrogen-bond donors (Lipinski definition) is 2. The number of halogens is 1. The third-order valence-electron chi connectivity index (χ3n) is 4.13. The first-order chi connectivity index (χ1) is 9.52. The highest BCUT2D eigenvalue weighted by Crippen LogP contribution is 2.41. The highest BCUT2D eigenvalue weighted by molar-refractivity contribution is 6.30. The molecule has 2 nitrogen and oxygen atoms in total. The molecule has 2 N–H and O–H groups in total. The molecule has 0 saturated heterocycles. The lowest BCUT2D eigenvalue weighted by atomic mass is 9.87. The highest BCUT2D eigenvalue weighted by Gasteiger charge is 2.33. The van der Waals surface area contributed by atoms with Crippen LogP contribution in [0.25, 0.3) is 0 Å². The maximum atomic E-state index is 8.98. The highest BCUT2D eigenvalue weighted by atomic mass is 35.5. The summed E-state index contributed by atoms with van der Waals surface area (Å²) in [5.41, 5.74) is 1.57. The molecule has 0 aliphatic heterocycles. The summed E-state index contributed by atoms with van der Waals surface area (Å²) in [6.45, 7) is 5.80. The van der Waals surface area contributed by atoms with Crippen LogP contribution >= 0.6 is 11.6 Å². The molecule has 1 atom stereocenters. The Bertz CT molecular complexity index is 412. The molecule has 112 valence electrons. The van der Waals surface area contributed by atoms with Crippen LogP contribution in [0.3, 0.4) is 0 Å².